The number of hydrogen-bond acceptors (Lipinski definition) is 2. The van der Waals surface area contributed by atoms with Gasteiger partial charge in [0.2, 0.25) is 0 Å². The van der Waals surface area contributed by atoms with E-state index in [4.69, 9.17) is 4.74 Å². The highest BCUT2D eigenvalue weighted by Gasteiger charge is 2.53. The Labute approximate surface area is 90.9 Å². The average molecular weight is 206 g/mol. The molecule has 0 heterocycles. The molecular formula is C13H18O2. The lowest BCUT2D eigenvalue weighted by Gasteiger charge is -2.30. The maximum atomic E-state index is 10.1. The van der Waals surface area contributed by atoms with Gasteiger partial charge >= 0.3 is 0 Å². The predicted octanol–water partition coefficient (Wildman–Crippen LogP) is 2.62. The lowest BCUT2D eigenvalue weighted by Crippen LogP contribution is -2.36. The molecule has 0 radical (unpaired) electrons. The Bertz CT molecular complexity index is 326. The second-order valence-electron chi connectivity index (χ2n) is 5.02. The Hall–Kier alpha value is -1.02. The second-order valence-corrected chi connectivity index (χ2v) is 5.02. The summed E-state index contributed by atoms with van der Waals surface area (Å²) in [6.07, 6.45) is 1.80. The monoisotopic (exact) mass is 206 g/mol. The van der Waals surface area contributed by atoms with Gasteiger partial charge in [-0.1, -0.05) is 32.0 Å². The lowest BCUT2D eigenvalue weighted by molar-refractivity contribution is -0.00609. The van der Waals surface area contributed by atoms with Crippen molar-refractivity contribution in [2.75, 3.05) is 6.61 Å². The van der Waals surface area contributed by atoms with Crippen LogP contribution in [0.15, 0.2) is 30.3 Å². The maximum Gasteiger partial charge on any atom is 0.119 e. The molecular weight excluding hydrogens is 188 g/mol. The van der Waals surface area contributed by atoms with Gasteiger partial charge in [0, 0.05) is 5.41 Å². The summed E-state index contributed by atoms with van der Waals surface area (Å²) >= 11 is 0. The fourth-order valence-electron chi connectivity index (χ4n) is 1.71. The highest BCUT2D eigenvalue weighted by molar-refractivity contribution is 5.21. The number of ether oxygens (including phenoxy) is 1. The second kappa shape index (κ2) is 3.53. The molecule has 2 rings (SSSR count). The Morgan fingerprint density at radius 2 is 1.87 bits per heavy atom. The van der Waals surface area contributed by atoms with Gasteiger partial charge in [0.25, 0.3) is 0 Å². The molecule has 1 N–H and O–H groups in total. The molecule has 0 unspecified atom stereocenters. The molecule has 0 aliphatic heterocycles. The van der Waals surface area contributed by atoms with E-state index < -0.39 is 5.60 Å². The van der Waals surface area contributed by atoms with Gasteiger partial charge in [-0.25, -0.2) is 0 Å². The van der Waals surface area contributed by atoms with Crippen LogP contribution in [0.2, 0.25) is 0 Å². The number of hydrogen-bond donors (Lipinski definition) is 1. The molecule has 1 aliphatic rings. The van der Waals surface area contributed by atoms with Crippen LogP contribution in [0.25, 0.3) is 0 Å². The quantitative estimate of drug-likeness (QED) is 0.820. The number of para-hydroxylation sites is 1. The summed E-state index contributed by atoms with van der Waals surface area (Å²) in [5.41, 5.74) is -0.662. The minimum absolute atomic E-state index is 0.164. The zero-order valence-corrected chi connectivity index (χ0v) is 9.36. The zero-order chi connectivity index (χ0) is 10.9. The van der Waals surface area contributed by atoms with Crippen molar-refractivity contribution in [3.05, 3.63) is 30.3 Å². The molecule has 2 heteroatoms. The lowest BCUT2D eigenvalue weighted by atomic mass is 9.85. The van der Waals surface area contributed by atoms with E-state index in [1.807, 2.05) is 30.3 Å². The third-order valence-electron chi connectivity index (χ3n) is 3.33. The van der Waals surface area contributed by atoms with Gasteiger partial charge in [-0.05, 0) is 25.0 Å². The molecule has 15 heavy (non-hydrogen) atoms. The van der Waals surface area contributed by atoms with Crippen molar-refractivity contribution in [2.45, 2.75) is 32.3 Å². The largest absolute Gasteiger partial charge is 0.493 e. The molecule has 0 spiro atoms. The summed E-state index contributed by atoms with van der Waals surface area (Å²) in [5, 5.41) is 10.1. The van der Waals surface area contributed by atoms with Crippen molar-refractivity contribution in [2.24, 2.45) is 5.41 Å². The molecule has 1 aromatic carbocycles. The Morgan fingerprint density at radius 1 is 1.27 bits per heavy atom. The van der Waals surface area contributed by atoms with Crippen LogP contribution >= 0.6 is 0 Å². The molecule has 1 aromatic rings. The van der Waals surface area contributed by atoms with Crippen LogP contribution < -0.4 is 4.74 Å². The first-order valence-electron chi connectivity index (χ1n) is 5.44. The fraction of sp³-hybridized carbons (Fsp3) is 0.538. The summed E-state index contributed by atoms with van der Waals surface area (Å²) in [7, 11) is 0. The Kier molecular flexibility index (Phi) is 2.47. The summed E-state index contributed by atoms with van der Waals surface area (Å²) in [4.78, 5) is 0. The van der Waals surface area contributed by atoms with E-state index in [1.165, 1.54) is 0 Å². The van der Waals surface area contributed by atoms with Gasteiger partial charge in [-0.3, -0.25) is 0 Å². The van der Waals surface area contributed by atoms with Crippen LogP contribution in [-0.2, 0) is 0 Å². The van der Waals surface area contributed by atoms with Crippen molar-refractivity contribution in [3.8, 4) is 5.75 Å². The van der Waals surface area contributed by atoms with E-state index >= 15 is 0 Å². The van der Waals surface area contributed by atoms with E-state index in [0.717, 1.165) is 18.6 Å². The van der Waals surface area contributed by atoms with E-state index in [9.17, 15) is 5.11 Å². The van der Waals surface area contributed by atoms with E-state index in [-0.39, 0.29) is 5.41 Å². The summed E-state index contributed by atoms with van der Waals surface area (Å²) in [6, 6.07) is 9.74. The van der Waals surface area contributed by atoms with E-state index in [2.05, 4.69) is 13.8 Å². The van der Waals surface area contributed by atoms with Crippen molar-refractivity contribution >= 4 is 0 Å². The first-order chi connectivity index (χ1) is 7.04. The first kappa shape index (κ1) is 10.5. The summed E-state index contributed by atoms with van der Waals surface area (Å²) < 4.78 is 5.68. The third kappa shape index (κ3) is 2.15. The van der Waals surface area contributed by atoms with Crippen LogP contribution in [0.3, 0.4) is 0 Å². The maximum absolute atomic E-state index is 10.1. The first-order valence-corrected chi connectivity index (χ1v) is 5.44. The van der Waals surface area contributed by atoms with Gasteiger partial charge in [-0.15, -0.1) is 0 Å². The highest BCUT2D eigenvalue weighted by Crippen LogP contribution is 2.49. The normalized spacial score (nSPS) is 18.6. The van der Waals surface area contributed by atoms with Crippen LogP contribution in [0.5, 0.6) is 5.75 Å². The molecule has 1 saturated carbocycles. The fourth-order valence-corrected chi connectivity index (χ4v) is 1.71. The van der Waals surface area contributed by atoms with Gasteiger partial charge in [0.05, 0.1) is 12.2 Å². The minimum Gasteiger partial charge on any atom is -0.493 e. The van der Waals surface area contributed by atoms with Gasteiger partial charge in [-0.2, -0.15) is 0 Å². The molecule has 1 aliphatic carbocycles. The smallest absolute Gasteiger partial charge is 0.119 e. The minimum atomic E-state index is -0.498. The number of rotatable bonds is 4. The van der Waals surface area contributed by atoms with Crippen molar-refractivity contribution in [3.63, 3.8) is 0 Å². The Balaban J connectivity index is 1.93. The van der Waals surface area contributed by atoms with Gasteiger partial charge in [0.1, 0.15) is 5.75 Å². The number of benzene rings is 1. The highest BCUT2D eigenvalue weighted by atomic mass is 16.5. The van der Waals surface area contributed by atoms with Crippen molar-refractivity contribution < 1.29 is 9.84 Å². The van der Waals surface area contributed by atoms with E-state index in [0.29, 0.717) is 6.61 Å². The summed E-state index contributed by atoms with van der Waals surface area (Å²) in [6.45, 7) is 4.68. The standard InChI is InChI=1S/C13H18O2/c1-12(2,13(14)8-9-13)10-15-11-6-4-3-5-7-11/h3-7,14H,8-10H2,1-2H3. The predicted molar refractivity (Wildman–Crippen MR) is 59.9 cm³/mol. The third-order valence-corrected chi connectivity index (χ3v) is 3.33. The Morgan fingerprint density at radius 3 is 2.40 bits per heavy atom. The zero-order valence-electron chi connectivity index (χ0n) is 9.36. The van der Waals surface area contributed by atoms with Crippen LogP contribution in [0.1, 0.15) is 26.7 Å². The van der Waals surface area contributed by atoms with Crippen molar-refractivity contribution in [1.82, 2.24) is 0 Å². The molecule has 82 valence electrons. The molecule has 2 nitrogen and oxygen atoms in total. The van der Waals surface area contributed by atoms with Crippen LogP contribution in [0.4, 0.5) is 0 Å². The molecule has 1 fully saturated rings. The summed E-state index contributed by atoms with van der Waals surface area (Å²) in [5.74, 6) is 0.870. The van der Waals surface area contributed by atoms with Gasteiger partial charge in [0.15, 0.2) is 0 Å². The van der Waals surface area contributed by atoms with Gasteiger partial charge < -0.3 is 9.84 Å². The SMILES string of the molecule is CC(C)(COc1ccccc1)C1(O)CC1. The molecule has 0 bridgehead atoms. The average Bonchev–Trinajstić information content (AvgIpc) is 2.97. The molecule has 0 saturated heterocycles. The van der Waals surface area contributed by atoms with Crippen LogP contribution in [-0.4, -0.2) is 17.3 Å². The van der Waals surface area contributed by atoms with Crippen molar-refractivity contribution in [1.29, 1.82) is 0 Å². The van der Waals surface area contributed by atoms with Crippen LogP contribution in [0, 0.1) is 5.41 Å². The topological polar surface area (TPSA) is 29.5 Å². The molecule has 0 atom stereocenters. The van der Waals surface area contributed by atoms with E-state index in [1.54, 1.807) is 0 Å². The molecule has 0 aromatic heterocycles. The molecule has 0 amide bonds. The number of aliphatic hydroxyl groups is 1.